The van der Waals surface area contributed by atoms with E-state index in [-0.39, 0.29) is 17.7 Å². The standard InChI is InChI=1S/C28H40N2O3/c1-7-25(13-8-22(4)24-11-9-23(10-12-24)20-29(5)6)28(32-18-19-33-28)26-14-16-30(17-15-26)27(31)21(2)3/h7-13,21,26H,1,14-20H2,2-6H3/b22-8+,25-13+. The number of carbonyl (C=O) groups is 1. The van der Waals surface area contributed by atoms with E-state index in [1.807, 2.05) is 24.8 Å². The van der Waals surface area contributed by atoms with E-state index < -0.39 is 5.79 Å². The van der Waals surface area contributed by atoms with E-state index in [1.54, 1.807) is 0 Å². The van der Waals surface area contributed by atoms with E-state index in [4.69, 9.17) is 9.47 Å². The predicted octanol–water partition coefficient (Wildman–Crippen LogP) is 4.90. The molecule has 3 rings (SSSR count). The second-order valence-corrected chi connectivity index (χ2v) is 9.73. The van der Waals surface area contributed by atoms with Crippen molar-refractivity contribution >= 4 is 11.5 Å². The summed E-state index contributed by atoms with van der Waals surface area (Å²) >= 11 is 0. The third-order valence-corrected chi connectivity index (χ3v) is 6.60. The summed E-state index contributed by atoms with van der Waals surface area (Å²) in [5.74, 6) is -0.325. The molecular weight excluding hydrogens is 412 g/mol. The van der Waals surface area contributed by atoms with Gasteiger partial charge in [-0.2, -0.15) is 0 Å². The number of benzene rings is 1. The summed E-state index contributed by atoms with van der Waals surface area (Å²) in [6, 6.07) is 8.71. The molecule has 0 saturated carbocycles. The van der Waals surface area contributed by atoms with E-state index in [9.17, 15) is 4.79 Å². The maximum Gasteiger partial charge on any atom is 0.225 e. The Morgan fingerprint density at radius 2 is 1.76 bits per heavy atom. The lowest BCUT2D eigenvalue weighted by atomic mass is 9.83. The van der Waals surface area contributed by atoms with Gasteiger partial charge in [0, 0.05) is 37.0 Å². The largest absolute Gasteiger partial charge is 0.343 e. The molecule has 33 heavy (non-hydrogen) atoms. The van der Waals surface area contributed by atoms with Crippen LogP contribution in [0.2, 0.25) is 0 Å². The summed E-state index contributed by atoms with van der Waals surface area (Å²) in [5, 5.41) is 0. The SMILES string of the molecule is C=C/C(=C\C=C(/C)c1ccc(CN(C)C)cc1)C1(C2CCN(C(=O)C(C)C)CC2)OCCO1. The average molecular weight is 453 g/mol. The van der Waals surface area contributed by atoms with Crippen molar-refractivity contribution in [3.05, 3.63) is 65.8 Å². The van der Waals surface area contributed by atoms with Gasteiger partial charge in [-0.3, -0.25) is 4.79 Å². The van der Waals surface area contributed by atoms with Crippen molar-refractivity contribution in [3.63, 3.8) is 0 Å². The average Bonchev–Trinajstić information content (AvgIpc) is 3.30. The first kappa shape index (κ1) is 25.4. The minimum Gasteiger partial charge on any atom is -0.343 e. The Morgan fingerprint density at radius 3 is 2.27 bits per heavy atom. The topological polar surface area (TPSA) is 42.0 Å². The monoisotopic (exact) mass is 452 g/mol. The van der Waals surface area contributed by atoms with Crippen LogP contribution in [-0.4, -0.2) is 61.9 Å². The third-order valence-electron chi connectivity index (χ3n) is 6.60. The Bertz CT molecular complexity index is 869. The quantitative estimate of drug-likeness (QED) is 0.526. The number of rotatable bonds is 8. The number of carbonyl (C=O) groups excluding carboxylic acids is 1. The lowest BCUT2D eigenvalue weighted by molar-refractivity contribution is -0.175. The molecule has 2 fully saturated rings. The van der Waals surface area contributed by atoms with Crippen LogP contribution < -0.4 is 0 Å². The third kappa shape index (κ3) is 6.03. The molecule has 2 saturated heterocycles. The van der Waals surface area contributed by atoms with Gasteiger partial charge in [0.1, 0.15) is 0 Å². The molecule has 180 valence electrons. The van der Waals surface area contributed by atoms with Crippen LogP contribution in [0.4, 0.5) is 0 Å². The number of hydrogen-bond donors (Lipinski definition) is 0. The van der Waals surface area contributed by atoms with Gasteiger partial charge in [-0.1, -0.05) is 62.9 Å². The van der Waals surface area contributed by atoms with Crippen molar-refractivity contribution in [2.24, 2.45) is 11.8 Å². The molecule has 0 aliphatic carbocycles. The molecule has 1 aromatic carbocycles. The molecule has 2 aliphatic heterocycles. The van der Waals surface area contributed by atoms with Gasteiger partial charge in [-0.25, -0.2) is 0 Å². The van der Waals surface area contributed by atoms with Gasteiger partial charge in [0.2, 0.25) is 5.91 Å². The molecule has 0 bridgehead atoms. The van der Waals surface area contributed by atoms with Crippen LogP contribution in [-0.2, 0) is 20.8 Å². The first-order chi connectivity index (χ1) is 15.8. The molecule has 0 N–H and O–H groups in total. The van der Waals surface area contributed by atoms with Crippen molar-refractivity contribution < 1.29 is 14.3 Å². The Hall–Kier alpha value is -2.21. The highest BCUT2D eigenvalue weighted by atomic mass is 16.7. The molecule has 5 nitrogen and oxygen atoms in total. The lowest BCUT2D eigenvalue weighted by Crippen LogP contribution is -2.49. The van der Waals surface area contributed by atoms with Crippen LogP contribution >= 0.6 is 0 Å². The molecule has 1 aromatic rings. The number of hydrogen-bond acceptors (Lipinski definition) is 4. The highest BCUT2D eigenvalue weighted by molar-refractivity contribution is 5.78. The van der Waals surface area contributed by atoms with Crippen molar-refractivity contribution in [1.29, 1.82) is 0 Å². The van der Waals surface area contributed by atoms with Crippen LogP contribution in [0, 0.1) is 11.8 Å². The van der Waals surface area contributed by atoms with Gasteiger partial charge < -0.3 is 19.3 Å². The normalized spacial score (nSPS) is 20.0. The van der Waals surface area contributed by atoms with E-state index in [2.05, 4.69) is 68.9 Å². The highest BCUT2D eigenvalue weighted by Crippen LogP contribution is 2.41. The fourth-order valence-electron chi connectivity index (χ4n) is 4.79. The fourth-order valence-corrected chi connectivity index (χ4v) is 4.79. The van der Waals surface area contributed by atoms with Crippen molar-refractivity contribution in [3.8, 4) is 0 Å². The molecule has 2 heterocycles. The number of amides is 1. The number of likely N-dealkylation sites (tertiary alicyclic amines) is 1. The van der Waals surface area contributed by atoms with Crippen LogP contribution in [0.15, 0.2) is 54.6 Å². The summed E-state index contributed by atoms with van der Waals surface area (Å²) < 4.78 is 12.5. The van der Waals surface area contributed by atoms with E-state index in [0.717, 1.165) is 38.0 Å². The van der Waals surface area contributed by atoms with Crippen LogP contribution in [0.3, 0.4) is 0 Å². The second-order valence-electron chi connectivity index (χ2n) is 9.73. The number of ether oxygens (including phenoxy) is 2. The van der Waals surface area contributed by atoms with Crippen molar-refractivity contribution in [2.45, 2.75) is 45.9 Å². The lowest BCUT2D eigenvalue weighted by Gasteiger charge is -2.42. The Balaban J connectivity index is 1.77. The zero-order chi connectivity index (χ0) is 24.0. The highest BCUT2D eigenvalue weighted by Gasteiger charge is 2.47. The first-order valence-corrected chi connectivity index (χ1v) is 12.1. The Labute approximate surface area is 199 Å². The van der Waals surface area contributed by atoms with Gasteiger partial charge in [-0.05, 0) is 50.6 Å². The van der Waals surface area contributed by atoms with Gasteiger partial charge in [-0.15, -0.1) is 0 Å². The van der Waals surface area contributed by atoms with Crippen LogP contribution in [0.1, 0.15) is 44.7 Å². The summed E-state index contributed by atoms with van der Waals surface area (Å²) in [6.07, 6.45) is 7.80. The van der Waals surface area contributed by atoms with Crippen molar-refractivity contribution in [2.75, 3.05) is 40.4 Å². The minimum atomic E-state index is -0.777. The first-order valence-electron chi connectivity index (χ1n) is 12.1. The van der Waals surface area contributed by atoms with Crippen LogP contribution in [0.5, 0.6) is 0 Å². The molecule has 0 radical (unpaired) electrons. The Morgan fingerprint density at radius 1 is 1.15 bits per heavy atom. The van der Waals surface area contributed by atoms with E-state index in [1.165, 1.54) is 16.7 Å². The van der Waals surface area contributed by atoms with Gasteiger partial charge in [0.25, 0.3) is 0 Å². The van der Waals surface area contributed by atoms with Gasteiger partial charge in [0.15, 0.2) is 5.79 Å². The molecule has 0 aromatic heterocycles. The molecule has 0 atom stereocenters. The number of allylic oxidation sites excluding steroid dienone is 3. The Kier molecular flexibility index (Phi) is 8.69. The summed E-state index contributed by atoms with van der Waals surface area (Å²) in [7, 11) is 4.16. The molecule has 1 amide bonds. The van der Waals surface area contributed by atoms with E-state index >= 15 is 0 Å². The maximum atomic E-state index is 12.4. The second kappa shape index (κ2) is 11.3. The van der Waals surface area contributed by atoms with Crippen LogP contribution in [0.25, 0.3) is 5.57 Å². The summed E-state index contributed by atoms with van der Waals surface area (Å²) in [6.45, 7) is 13.7. The van der Waals surface area contributed by atoms with Gasteiger partial charge >= 0.3 is 0 Å². The predicted molar refractivity (Wildman–Crippen MR) is 135 cm³/mol. The molecule has 0 unspecified atom stereocenters. The van der Waals surface area contributed by atoms with E-state index in [0.29, 0.717) is 13.2 Å². The maximum absolute atomic E-state index is 12.4. The molecule has 0 spiro atoms. The zero-order valence-corrected chi connectivity index (χ0v) is 21.0. The minimum absolute atomic E-state index is 0.0307. The number of nitrogens with zero attached hydrogens (tertiary/aromatic N) is 2. The smallest absolute Gasteiger partial charge is 0.225 e. The summed E-state index contributed by atoms with van der Waals surface area (Å²) in [5.41, 5.74) is 4.63. The molecular formula is C28H40N2O3. The molecule has 5 heteroatoms. The number of piperidine rings is 1. The van der Waals surface area contributed by atoms with Crippen molar-refractivity contribution in [1.82, 2.24) is 9.80 Å². The zero-order valence-electron chi connectivity index (χ0n) is 21.0. The summed E-state index contributed by atoms with van der Waals surface area (Å²) in [4.78, 5) is 16.6. The van der Waals surface area contributed by atoms with Gasteiger partial charge in [0.05, 0.1) is 13.2 Å². The molecule has 2 aliphatic rings. The fraction of sp³-hybridized carbons (Fsp3) is 0.536.